The number of hydrogen-bond acceptors (Lipinski definition) is 2. The van der Waals surface area contributed by atoms with Gasteiger partial charge in [-0.15, -0.1) is 0 Å². The zero-order valence-corrected chi connectivity index (χ0v) is 14.9. The van der Waals surface area contributed by atoms with E-state index in [-0.39, 0.29) is 24.3 Å². The standard InChI is InChI=1S/C19H27F3N2O/c1-3-11-24(17-7-9-23-10-8-17)18(25)12-14(2)15-5-4-6-16(13-15)19(20,21)22/h4-6,13-14,17,23H,3,7-12H2,1-2H3. The molecule has 1 unspecified atom stereocenters. The molecule has 1 aromatic rings. The summed E-state index contributed by atoms with van der Waals surface area (Å²) in [5.41, 5.74) is -0.0991. The van der Waals surface area contributed by atoms with E-state index in [4.69, 9.17) is 0 Å². The minimum Gasteiger partial charge on any atom is -0.340 e. The van der Waals surface area contributed by atoms with Crippen LogP contribution in [-0.4, -0.2) is 36.5 Å². The first kappa shape index (κ1) is 19.8. The van der Waals surface area contributed by atoms with Crippen molar-refractivity contribution < 1.29 is 18.0 Å². The summed E-state index contributed by atoms with van der Waals surface area (Å²) in [6, 6.07) is 5.54. The van der Waals surface area contributed by atoms with Crippen molar-refractivity contribution >= 4 is 5.91 Å². The SMILES string of the molecule is CCCN(C(=O)CC(C)c1cccc(C(F)(F)F)c1)C1CCNCC1. The molecule has 1 saturated heterocycles. The van der Waals surface area contributed by atoms with Gasteiger partial charge in [-0.25, -0.2) is 0 Å². The average Bonchev–Trinajstić information content (AvgIpc) is 2.59. The fraction of sp³-hybridized carbons (Fsp3) is 0.632. The first-order valence-corrected chi connectivity index (χ1v) is 9.00. The van der Waals surface area contributed by atoms with Gasteiger partial charge in [0.1, 0.15) is 0 Å². The van der Waals surface area contributed by atoms with E-state index in [1.54, 1.807) is 6.07 Å². The third-order valence-electron chi connectivity index (χ3n) is 4.80. The van der Waals surface area contributed by atoms with Crippen molar-refractivity contribution in [3.63, 3.8) is 0 Å². The predicted molar refractivity (Wildman–Crippen MR) is 92.4 cm³/mol. The molecule has 3 nitrogen and oxygen atoms in total. The lowest BCUT2D eigenvalue weighted by molar-refractivity contribution is -0.137. The minimum absolute atomic E-state index is 0.0404. The average molecular weight is 356 g/mol. The molecular formula is C19H27F3N2O. The Bertz CT molecular complexity index is 568. The van der Waals surface area contributed by atoms with Crippen molar-refractivity contribution in [2.45, 2.75) is 57.7 Å². The summed E-state index contributed by atoms with van der Waals surface area (Å²) in [5.74, 6) is -0.200. The normalized spacial score (nSPS) is 17.3. The first-order valence-electron chi connectivity index (χ1n) is 9.00. The van der Waals surface area contributed by atoms with Gasteiger partial charge in [-0.2, -0.15) is 13.2 Å². The molecule has 140 valence electrons. The number of carbonyl (C=O) groups is 1. The van der Waals surface area contributed by atoms with Gasteiger partial charge in [0.25, 0.3) is 0 Å². The molecule has 0 saturated carbocycles. The van der Waals surface area contributed by atoms with Gasteiger partial charge in [0.15, 0.2) is 0 Å². The number of carbonyl (C=O) groups excluding carboxylic acids is 1. The molecule has 1 aromatic carbocycles. The highest BCUT2D eigenvalue weighted by atomic mass is 19.4. The number of halogens is 3. The number of alkyl halides is 3. The lowest BCUT2D eigenvalue weighted by atomic mass is 9.94. The fourth-order valence-electron chi connectivity index (χ4n) is 3.39. The van der Waals surface area contributed by atoms with Crippen LogP contribution in [0.2, 0.25) is 0 Å². The molecule has 2 rings (SSSR count). The van der Waals surface area contributed by atoms with Gasteiger partial charge in [0.05, 0.1) is 5.56 Å². The van der Waals surface area contributed by atoms with Gasteiger partial charge >= 0.3 is 6.18 Å². The topological polar surface area (TPSA) is 32.3 Å². The summed E-state index contributed by atoms with van der Waals surface area (Å²) >= 11 is 0. The quantitative estimate of drug-likeness (QED) is 0.829. The molecule has 1 N–H and O–H groups in total. The van der Waals surface area contributed by atoms with Crippen molar-refractivity contribution in [1.29, 1.82) is 0 Å². The molecule has 1 amide bonds. The molecule has 0 radical (unpaired) electrons. The van der Waals surface area contributed by atoms with Gasteiger partial charge in [-0.1, -0.05) is 32.0 Å². The van der Waals surface area contributed by atoms with Crippen molar-refractivity contribution in [2.75, 3.05) is 19.6 Å². The Hall–Kier alpha value is -1.56. The van der Waals surface area contributed by atoms with E-state index < -0.39 is 11.7 Å². The molecule has 1 fully saturated rings. The Morgan fingerprint density at radius 3 is 2.60 bits per heavy atom. The molecule has 0 aromatic heterocycles. The Balaban J connectivity index is 2.06. The van der Waals surface area contributed by atoms with Crippen LogP contribution in [0, 0.1) is 0 Å². The highest BCUT2D eigenvalue weighted by Crippen LogP contribution is 2.32. The summed E-state index contributed by atoms with van der Waals surface area (Å²) < 4.78 is 38.7. The van der Waals surface area contributed by atoms with Crippen LogP contribution in [0.15, 0.2) is 24.3 Å². The third kappa shape index (κ3) is 5.46. The number of rotatable bonds is 6. The van der Waals surface area contributed by atoms with Gasteiger partial charge in [-0.3, -0.25) is 4.79 Å². The molecule has 1 aliphatic heterocycles. The summed E-state index contributed by atoms with van der Waals surface area (Å²) in [6.45, 7) is 6.37. The van der Waals surface area contributed by atoms with Crippen molar-refractivity contribution in [1.82, 2.24) is 10.2 Å². The zero-order valence-electron chi connectivity index (χ0n) is 14.9. The molecule has 0 aliphatic carbocycles. The number of benzene rings is 1. The third-order valence-corrected chi connectivity index (χ3v) is 4.80. The lowest BCUT2D eigenvalue weighted by Gasteiger charge is -2.35. The van der Waals surface area contributed by atoms with E-state index in [9.17, 15) is 18.0 Å². The van der Waals surface area contributed by atoms with E-state index in [1.807, 2.05) is 18.7 Å². The number of nitrogens with zero attached hydrogens (tertiary/aromatic N) is 1. The molecule has 1 atom stereocenters. The number of amides is 1. The van der Waals surface area contributed by atoms with Crippen LogP contribution in [0.25, 0.3) is 0 Å². The molecular weight excluding hydrogens is 329 g/mol. The van der Waals surface area contributed by atoms with E-state index in [2.05, 4.69) is 5.32 Å². The van der Waals surface area contributed by atoms with Crippen molar-refractivity contribution in [2.24, 2.45) is 0 Å². The number of nitrogens with one attached hydrogen (secondary N) is 1. The summed E-state index contributed by atoms with van der Waals surface area (Å²) in [7, 11) is 0. The van der Waals surface area contributed by atoms with E-state index in [0.29, 0.717) is 12.1 Å². The first-order chi connectivity index (χ1) is 11.8. The molecule has 0 spiro atoms. The maximum absolute atomic E-state index is 12.9. The summed E-state index contributed by atoms with van der Waals surface area (Å²) in [4.78, 5) is 14.7. The molecule has 25 heavy (non-hydrogen) atoms. The summed E-state index contributed by atoms with van der Waals surface area (Å²) in [6.07, 6.45) is -1.37. The molecule has 1 aliphatic rings. The highest BCUT2D eigenvalue weighted by Gasteiger charge is 2.31. The smallest absolute Gasteiger partial charge is 0.340 e. The second-order valence-electron chi connectivity index (χ2n) is 6.80. The highest BCUT2D eigenvalue weighted by molar-refractivity contribution is 5.77. The van der Waals surface area contributed by atoms with Gasteiger partial charge in [0, 0.05) is 19.0 Å². The van der Waals surface area contributed by atoms with Crippen LogP contribution in [-0.2, 0) is 11.0 Å². The Kier molecular flexibility index (Phi) is 6.87. The van der Waals surface area contributed by atoms with Crippen molar-refractivity contribution in [3.05, 3.63) is 35.4 Å². The van der Waals surface area contributed by atoms with Crippen LogP contribution in [0.1, 0.15) is 56.6 Å². The van der Waals surface area contributed by atoms with Crippen LogP contribution >= 0.6 is 0 Å². The van der Waals surface area contributed by atoms with Gasteiger partial charge in [-0.05, 0) is 49.9 Å². The van der Waals surface area contributed by atoms with Crippen LogP contribution in [0.5, 0.6) is 0 Å². The van der Waals surface area contributed by atoms with Crippen LogP contribution in [0.3, 0.4) is 0 Å². The Morgan fingerprint density at radius 2 is 2.00 bits per heavy atom. The molecule has 0 bridgehead atoms. The molecule has 6 heteroatoms. The van der Waals surface area contributed by atoms with E-state index >= 15 is 0 Å². The van der Waals surface area contributed by atoms with E-state index in [1.165, 1.54) is 6.07 Å². The van der Waals surface area contributed by atoms with Crippen LogP contribution in [0.4, 0.5) is 13.2 Å². The number of piperidine rings is 1. The minimum atomic E-state index is -4.36. The maximum atomic E-state index is 12.9. The second-order valence-corrected chi connectivity index (χ2v) is 6.80. The zero-order chi connectivity index (χ0) is 18.4. The Morgan fingerprint density at radius 1 is 1.32 bits per heavy atom. The van der Waals surface area contributed by atoms with Gasteiger partial charge in [0.2, 0.25) is 5.91 Å². The summed E-state index contributed by atoms with van der Waals surface area (Å²) in [5, 5.41) is 3.29. The molecule has 1 heterocycles. The lowest BCUT2D eigenvalue weighted by Crippen LogP contribution is -2.46. The van der Waals surface area contributed by atoms with Gasteiger partial charge < -0.3 is 10.2 Å². The van der Waals surface area contributed by atoms with Crippen LogP contribution < -0.4 is 5.32 Å². The largest absolute Gasteiger partial charge is 0.416 e. The fourth-order valence-corrected chi connectivity index (χ4v) is 3.39. The Labute approximate surface area is 147 Å². The van der Waals surface area contributed by atoms with Crippen molar-refractivity contribution in [3.8, 4) is 0 Å². The maximum Gasteiger partial charge on any atom is 0.416 e. The second kappa shape index (κ2) is 8.70. The van der Waals surface area contributed by atoms with E-state index in [0.717, 1.165) is 44.5 Å². The number of hydrogen-bond donors (Lipinski definition) is 1. The monoisotopic (exact) mass is 356 g/mol. The predicted octanol–water partition coefficient (Wildman–Crippen LogP) is 4.19.